The molecule has 119 valence electrons. The minimum atomic E-state index is -0.867. The summed E-state index contributed by atoms with van der Waals surface area (Å²) in [6.07, 6.45) is 1.71. The lowest BCUT2D eigenvalue weighted by atomic mass is 10.0. The number of likely N-dealkylation sites (N-methyl/N-ethyl adjacent to an activating group) is 1. The Labute approximate surface area is 146 Å². The molecule has 1 radical (unpaired) electrons. The molecule has 0 aliphatic heterocycles. The van der Waals surface area contributed by atoms with Crippen molar-refractivity contribution in [1.29, 1.82) is 0 Å². The maximum absolute atomic E-state index is 4.70. The monoisotopic (exact) mass is 355 g/mol. The molecule has 22 heavy (non-hydrogen) atoms. The minimum Gasteiger partial charge on any atom is -0.308 e. The Kier molecular flexibility index (Phi) is 6.13. The van der Waals surface area contributed by atoms with E-state index in [1.165, 1.54) is 0 Å². The van der Waals surface area contributed by atoms with Crippen molar-refractivity contribution >= 4 is 37.9 Å². The molecule has 1 atom stereocenters. The van der Waals surface area contributed by atoms with Gasteiger partial charge in [0.15, 0.2) is 5.82 Å². The molecule has 2 heterocycles. The standard InChI is InChI=1S/C13H19N6S3/c1-18(2)7-8-19-12(15-16-17-19)10(9-20)13(21,22)11-5-3-4-6-14-11/h3-6,9-10,20-22H,7-8H2,1-2H3. The van der Waals surface area contributed by atoms with E-state index in [1.54, 1.807) is 16.6 Å². The number of hydrogen-bond acceptors (Lipinski definition) is 8. The van der Waals surface area contributed by atoms with Crippen LogP contribution in [0.3, 0.4) is 0 Å². The van der Waals surface area contributed by atoms with Crippen molar-refractivity contribution in [1.82, 2.24) is 30.1 Å². The summed E-state index contributed by atoms with van der Waals surface area (Å²) >= 11 is 13.7. The zero-order valence-electron chi connectivity index (χ0n) is 12.4. The second-order valence-electron chi connectivity index (χ2n) is 5.13. The van der Waals surface area contributed by atoms with Crippen molar-refractivity contribution < 1.29 is 0 Å². The molecule has 0 saturated heterocycles. The third-order valence-electron chi connectivity index (χ3n) is 3.22. The molecule has 0 bridgehead atoms. The first-order valence-corrected chi connectivity index (χ1v) is 8.12. The fourth-order valence-electron chi connectivity index (χ4n) is 1.98. The normalized spacial score (nSPS) is 13.5. The van der Waals surface area contributed by atoms with Crippen LogP contribution in [0.15, 0.2) is 24.4 Å². The number of thiol groups is 3. The summed E-state index contributed by atoms with van der Waals surface area (Å²) < 4.78 is 0.884. The van der Waals surface area contributed by atoms with Crippen LogP contribution in [0.1, 0.15) is 17.4 Å². The molecule has 2 rings (SSSR count). The van der Waals surface area contributed by atoms with E-state index >= 15 is 0 Å². The fourth-order valence-corrected chi connectivity index (χ4v) is 3.22. The molecule has 0 aliphatic carbocycles. The third-order valence-corrected chi connectivity index (χ3v) is 4.53. The first-order chi connectivity index (χ1) is 10.5. The van der Waals surface area contributed by atoms with Crippen molar-refractivity contribution in [2.45, 2.75) is 16.5 Å². The molecule has 0 fully saturated rings. The predicted molar refractivity (Wildman–Crippen MR) is 96.3 cm³/mol. The molecule has 0 N–H and O–H groups in total. The van der Waals surface area contributed by atoms with E-state index in [0.29, 0.717) is 12.4 Å². The van der Waals surface area contributed by atoms with Gasteiger partial charge in [-0.1, -0.05) is 6.07 Å². The third kappa shape index (κ3) is 3.95. The van der Waals surface area contributed by atoms with E-state index < -0.39 is 4.08 Å². The molecule has 1 unspecified atom stereocenters. The SMILES string of the molecule is CN(C)CCn1nnnc1C([CH]S)C(S)(S)c1ccccn1. The number of hydrogen-bond donors (Lipinski definition) is 3. The van der Waals surface area contributed by atoms with Crippen LogP contribution in [0.2, 0.25) is 0 Å². The van der Waals surface area contributed by atoms with Crippen molar-refractivity contribution in [3.05, 3.63) is 41.7 Å². The van der Waals surface area contributed by atoms with Gasteiger partial charge >= 0.3 is 0 Å². The zero-order chi connectivity index (χ0) is 16.2. The topological polar surface area (TPSA) is 59.7 Å². The van der Waals surface area contributed by atoms with Crippen molar-refractivity contribution in [2.75, 3.05) is 20.6 Å². The molecule has 9 heteroatoms. The second-order valence-corrected chi connectivity index (χ2v) is 7.19. The van der Waals surface area contributed by atoms with Crippen LogP contribution in [-0.4, -0.2) is 50.7 Å². The molecular weight excluding hydrogens is 336 g/mol. The largest absolute Gasteiger partial charge is 0.308 e. The molecule has 2 aromatic heterocycles. The first kappa shape index (κ1) is 17.6. The molecule has 0 saturated carbocycles. The van der Waals surface area contributed by atoms with Gasteiger partial charge in [0, 0.05) is 18.5 Å². The lowest BCUT2D eigenvalue weighted by Crippen LogP contribution is -2.27. The molecule has 0 amide bonds. The molecule has 6 nitrogen and oxygen atoms in total. The highest BCUT2D eigenvalue weighted by atomic mass is 32.2. The van der Waals surface area contributed by atoms with E-state index in [1.807, 2.05) is 32.3 Å². The number of rotatable bonds is 7. The van der Waals surface area contributed by atoms with Crippen molar-refractivity contribution in [2.24, 2.45) is 0 Å². The fraction of sp³-hybridized carbons (Fsp3) is 0.462. The van der Waals surface area contributed by atoms with Gasteiger partial charge in [-0.05, 0) is 36.7 Å². The molecule has 0 spiro atoms. The predicted octanol–water partition coefficient (Wildman–Crippen LogP) is 1.52. The number of tetrazole rings is 1. The number of aromatic nitrogens is 5. The van der Waals surface area contributed by atoms with E-state index in [0.717, 1.165) is 12.2 Å². The Morgan fingerprint density at radius 2 is 2.14 bits per heavy atom. The van der Waals surface area contributed by atoms with Crippen LogP contribution in [0.25, 0.3) is 0 Å². The lowest BCUT2D eigenvalue weighted by molar-refractivity contribution is 0.364. The van der Waals surface area contributed by atoms with Gasteiger partial charge in [0.2, 0.25) is 0 Å². The smallest absolute Gasteiger partial charge is 0.158 e. The highest BCUT2D eigenvalue weighted by Gasteiger charge is 2.38. The van der Waals surface area contributed by atoms with Crippen LogP contribution >= 0.6 is 37.9 Å². The summed E-state index contributed by atoms with van der Waals surface area (Å²) in [5, 5.41) is 12.0. The van der Waals surface area contributed by atoms with Gasteiger partial charge < -0.3 is 4.90 Å². The van der Waals surface area contributed by atoms with Gasteiger partial charge in [0.1, 0.15) is 4.08 Å². The maximum atomic E-state index is 4.70. The highest BCUT2D eigenvalue weighted by Crippen LogP contribution is 2.46. The van der Waals surface area contributed by atoms with E-state index in [2.05, 4.69) is 38.0 Å². The molecule has 0 aromatic carbocycles. The summed E-state index contributed by atoms with van der Waals surface area (Å²) in [7, 11) is 4.00. The summed E-state index contributed by atoms with van der Waals surface area (Å²) in [6, 6.07) is 5.62. The van der Waals surface area contributed by atoms with Gasteiger partial charge in [-0.2, -0.15) is 37.9 Å². The Morgan fingerprint density at radius 3 is 2.73 bits per heavy atom. The second kappa shape index (κ2) is 7.67. The van der Waals surface area contributed by atoms with Crippen LogP contribution in [0, 0.1) is 5.75 Å². The summed E-state index contributed by atoms with van der Waals surface area (Å²) in [5.41, 5.74) is 0.721. The Bertz CT molecular complexity index is 586. The van der Waals surface area contributed by atoms with E-state index in [4.69, 9.17) is 25.3 Å². The zero-order valence-corrected chi connectivity index (χ0v) is 15.1. The highest BCUT2D eigenvalue weighted by molar-refractivity contribution is 8.00. The van der Waals surface area contributed by atoms with E-state index in [9.17, 15) is 0 Å². The number of pyridine rings is 1. The van der Waals surface area contributed by atoms with Gasteiger partial charge in [-0.25, -0.2) is 4.68 Å². The maximum Gasteiger partial charge on any atom is 0.158 e. The summed E-state index contributed by atoms with van der Waals surface area (Å²) in [4.78, 5) is 6.41. The van der Waals surface area contributed by atoms with Gasteiger partial charge in [-0.3, -0.25) is 4.98 Å². The van der Waals surface area contributed by atoms with Gasteiger partial charge in [-0.15, -0.1) is 5.10 Å². The van der Waals surface area contributed by atoms with Crippen molar-refractivity contribution in [3.63, 3.8) is 0 Å². The van der Waals surface area contributed by atoms with Crippen LogP contribution < -0.4 is 0 Å². The Hall–Kier alpha value is -0.770. The number of nitrogens with zero attached hydrogens (tertiary/aromatic N) is 6. The molecule has 2 aromatic rings. The van der Waals surface area contributed by atoms with Crippen LogP contribution in [0.5, 0.6) is 0 Å². The van der Waals surface area contributed by atoms with Crippen LogP contribution in [-0.2, 0) is 10.6 Å². The molecular formula is C13H19N6S3. The van der Waals surface area contributed by atoms with Crippen LogP contribution in [0.4, 0.5) is 0 Å². The van der Waals surface area contributed by atoms with Crippen molar-refractivity contribution in [3.8, 4) is 0 Å². The lowest BCUT2D eigenvalue weighted by Gasteiger charge is -2.29. The van der Waals surface area contributed by atoms with Gasteiger partial charge in [0.25, 0.3) is 0 Å². The molecule has 0 aliphatic rings. The average molecular weight is 356 g/mol. The quantitative estimate of drug-likeness (QED) is 0.519. The first-order valence-electron chi connectivity index (χ1n) is 6.71. The Balaban J connectivity index is 2.30. The summed E-state index contributed by atoms with van der Waals surface area (Å²) in [5.74, 6) is 2.05. The summed E-state index contributed by atoms with van der Waals surface area (Å²) in [6.45, 7) is 1.50. The minimum absolute atomic E-state index is 0.311. The van der Waals surface area contributed by atoms with E-state index in [-0.39, 0.29) is 5.92 Å². The van der Waals surface area contributed by atoms with Gasteiger partial charge in [0.05, 0.1) is 18.2 Å². The average Bonchev–Trinajstić information content (AvgIpc) is 2.95. The Morgan fingerprint density at radius 1 is 1.36 bits per heavy atom.